The van der Waals surface area contributed by atoms with Gasteiger partial charge in [-0.25, -0.2) is 8.42 Å². The number of rotatable bonds is 18. The molecule has 0 fully saturated rings. The van der Waals surface area contributed by atoms with Crippen molar-refractivity contribution in [1.82, 2.24) is 4.90 Å². The van der Waals surface area contributed by atoms with E-state index in [0.717, 1.165) is 32.5 Å². The second kappa shape index (κ2) is 18.4. The average Bonchev–Trinajstić information content (AvgIpc) is 2.91. The summed E-state index contributed by atoms with van der Waals surface area (Å²) in [7, 11) is -1.86. The first-order chi connectivity index (χ1) is 18.2. The molecule has 0 unspecified atom stereocenters. The first kappa shape index (κ1) is 35.0. The SMILES string of the molecule is CCCCCCCN(CC)CCN(C(=O)c1ccc(NS(=O)(=O)CCCC)cc1)c1ccc(OC)c(Cl)c1.Cl. The molecular weight excluding hydrogens is 557 g/mol. The normalized spacial score (nSPS) is 11.2. The van der Waals surface area contributed by atoms with E-state index in [1.54, 1.807) is 48.4 Å². The highest BCUT2D eigenvalue weighted by molar-refractivity contribution is 7.92. The fourth-order valence-electron chi connectivity index (χ4n) is 4.18. The van der Waals surface area contributed by atoms with E-state index >= 15 is 0 Å². The third-order valence-electron chi connectivity index (χ3n) is 6.53. The van der Waals surface area contributed by atoms with Crippen molar-refractivity contribution in [1.29, 1.82) is 0 Å². The van der Waals surface area contributed by atoms with Crippen molar-refractivity contribution in [2.75, 3.05) is 48.7 Å². The summed E-state index contributed by atoms with van der Waals surface area (Å²) in [5.41, 5.74) is 1.59. The van der Waals surface area contributed by atoms with Crippen LogP contribution >= 0.6 is 24.0 Å². The molecule has 2 rings (SSSR count). The molecule has 1 amide bonds. The molecule has 1 N–H and O–H groups in total. The molecular formula is C29H45Cl2N3O4S. The molecule has 0 heterocycles. The highest BCUT2D eigenvalue weighted by Gasteiger charge is 2.20. The molecule has 0 bridgehead atoms. The Balaban J connectivity index is 0.00000760. The number of anilines is 2. The van der Waals surface area contributed by atoms with E-state index in [2.05, 4.69) is 23.5 Å². The van der Waals surface area contributed by atoms with Crippen LogP contribution in [0.4, 0.5) is 11.4 Å². The van der Waals surface area contributed by atoms with Crippen LogP contribution in [0.5, 0.6) is 5.75 Å². The molecule has 2 aromatic carbocycles. The molecule has 0 atom stereocenters. The van der Waals surface area contributed by atoms with Gasteiger partial charge in [0.05, 0.1) is 17.9 Å². The van der Waals surface area contributed by atoms with Crippen LogP contribution in [0, 0.1) is 0 Å². The third-order valence-corrected chi connectivity index (χ3v) is 8.20. The Morgan fingerprint density at radius 3 is 2.15 bits per heavy atom. The largest absolute Gasteiger partial charge is 0.495 e. The summed E-state index contributed by atoms with van der Waals surface area (Å²) in [5.74, 6) is 0.443. The molecule has 0 spiro atoms. The van der Waals surface area contributed by atoms with Gasteiger partial charge in [-0.3, -0.25) is 9.52 Å². The maximum Gasteiger partial charge on any atom is 0.258 e. The van der Waals surface area contributed by atoms with E-state index in [1.807, 2.05) is 13.0 Å². The number of nitrogens with one attached hydrogen (secondary N) is 1. The van der Waals surface area contributed by atoms with E-state index in [9.17, 15) is 13.2 Å². The summed E-state index contributed by atoms with van der Waals surface area (Å²) in [4.78, 5) is 17.8. The Morgan fingerprint density at radius 1 is 0.897 bits per heavy atom. The average molecular weight is 603 g/mol. The summed E-state index contributed by atoms with van der Waals surface area (Å²) in [5, 5.41) is 0.433. The highest BCUT2D eigenvalue weighted by Crippen LogP contribution is 2.30. The number of likely N-dealkylation sites (N-methyl/N-ethyl adjacent to an activating group) is 1. The number of hydrogen-bond donors (Lipinski definition) is 1. The predicted octanol–water partition coefficient (Wildman–Crippen LogP) is 7.25. The Kier molecular flexibility index (Phi) is 16.5. The van der Waals surface area contributed by atoms with Crippen molar-refractivity contribution in [2.45, 2.75) is 65.7 Å². The van der Waals surface area contributed by atoms with Crippen molar-refractivity contribution in [2.24, 2.45) is 0 Å². The van der Waals surface area contributed by atoms with Crippen molar-refractivity contribution >= 4 is 51.3 Å². The quantitative estimate of drug-likeness (QED) is 0.182. The lowest BCUT2D eigenvalue weighted by molar-refractivity contribution is 0.0983. The number of nitrogens with zero attached hydrogens (tertiary/aromatic N) is 2. The fraction of sp³-hybridized carbons (Fsp3) is 0.552. The number of ether oxygens (including phenoxy) is 1. The van der Waals surface area contributed by atoms with Crippen molar-refractivity contribution in [3.05, 3.63) is 53.1 Å². The second-order valence-corrected chi connectivity index (χ2v) is 11.7. The van der Waals surface area contributed by atoms with E-state index < -0.39 is 10.0 Å². The minimum absolute atomic E-state index is 0. The van der Waals surface area contributed by atoms with Crippen LogP contribution < -0.4 is 14.4 Å². The summed E-state index contributed by atoms with van der Waals surface area (Å²) in [6.45, 7) is 9.44. The van der Waals surface area contributed by atoms with Gasteiger partial charge in [-0.1, -0.05) is 64.5 Å². The molecule has 0 saturated carbocycles. The maximum atomic E-state index is 13.7. The molecule has 0 aliphatic rings. The maximum absolute atomic E-state index is 13.7. The molecule has 0 radical (unpaired) electrons. The van der Waals surface area contributed by atoms with Gasteiger partial charge < -0.3 is 14.5 Å². The van der Waals surface area contributed by atoms with Crippen molar-refractivity contribution in [3.63, 3.8) is 0 Å². The first-order valence-corrected chi connectivity index (χ1v) is 15.8. The van der Waals surface area contributed by atoms with Gasteiger partial charge in [-0.05, 0) is 68.4 Å². The monoisotopic (exact) mass is 601 g/mol. The van der Waals surface area contributed by atoms with Crippen LogP contribution in [0.25, 0.3) is 0 Å². The molecule has 0 saturated heterocycles. The van der Waals surface area contributed by atoms with Gasteiger partial charge in [0.1, 0.15) is 5.75 Å². The van der Waals surface area contributed by atoms with Crippen LogP contribution in [-0.2, 0) is 10.0 Å². The summed E-state index contributed by atoms with van der Waals surface area (Å²) in [6.07, 6.45) is 7.51. The Bertz CT molecular complexity index is 1100. The first-order valence-electron chi connectivity index (χ1n) is 13.7. The van der Waals surface area contributed by atoms with E-state index in [-0.39, 0.29) is 24.1 Å². The Morgan fingerprint density at radius 2 is 1.56 bits per heavy atom. The summed E-state index contributed by atoms with van der Waals surface area (Å²) < 4.78 is 32.4. The standard InChI is InChI=1S/C29H44ClN3O4S.ClH/c1-5-8-10-11-12-19-32(7-3)20-21-33(26-17-18-28(37-4)27(30)23-26)29(34)24-13-15-25(16-14-24)31-38(35,36)22-9-6-2;/h13-18,23,31H,5-12,19-22H2,1-4H3;1H. The number of sulfonamides is 1. The van der Waals surface area contributed by atoms with E-state index in [4.69, 9.17) is 16.3 Å². The zero-order valence-corrected chi connectivity index (χ0v) is 26.1. The number of unbranched alkanes of at least 4 members (excludes halogenated alkanes) is 5. The number of hydrogen-bond acceptors (Lipinski definition) is 5. The number of carbonyl (C=O) groups is 1. The van der Waals surface area contributed by atoms with Gasteiger partial charge >= 0.3 is 0 Å². The molecule has 39 heavy (non-hydrogen) atoms. The van der Waals surface area contributed by atoms with Crippen molar-refractivity contribution < 1.29 is 17.9 Å². The van der Waals surface area contributed by atoms with Gasteiger partial charge in [-0.2, -0.15) is 0 Å². The van der Waals surface area contributed by atoms with Gasteiger partial charge in [0.15, 0.2) is 0 Å². The third kappa shape index (κ3) is 12.0. The van der Waals surface area contributed by atoms with Gasteiger partial charge in [0.25, 0.3) is 5.91 Å². The van der Waals surface area contributed by atoms with Gasteiger partial charge in [0, 0.05) is 30.0 Å². The van der Waals surface area contributed by atoms with Gasteiger partial charge in [0.2, 0.25) is 10.0 Å². The minimum Gasteiger partial charge on any atom is -0.495 e. The topological polar surface area (TPSA) is 79.0 Å². The number of carbonyl (C=O) groups excluding carboxylic acids is 1. The summed E-state index contributed by atoms with van der Waals surface area (Å²) in [6, 6.07) is 11.9. The molecule has 0 aliphatic carbocycles. The smallest absolute Gasteiger partial charge is 0.258 e. The molecule has 7 nitrogen and oxygen atoms in total. The molecule has 0 aromatic heterocycles. The predicted molar refractivity (Wildman–Crippen MR) is 167 cm³/mol. The Hall–Kier alpha value is -2.00. The van der Waals surface area contributed by atoms with Crippen LogP contribution in [0.2, 0.25) is 5.02 Å². The lowest BCUT2D eigenvalue weighted by Gasteiger charge is -2.28. The lowest BCUT2D eigenvalue weighted by Crippen LogP contribution is -2.39. The van der Waals surface area contributed by atoms with Gasteiger partial charge in [-0.15, -0.1) is 12.4 Å². The zero-order valence-electron chi connectivity index (χ0n) is 23.7. The molecule has 220 valence electrons. The van der Waals surface area contributed by atoms with E-state index in [1.165, 1.54) is 25.7 Å². The lowest BCUT2D eigenvalue weighted by atomic mass is 10.1. The minimum atomic E-state index is -3.41. The van der Waals surface area contributed by atoms with Crippen molar-refractivity contribution in [3.8, 4) is 5.75 Å². The number of halogens is 2. The van der Waals surface area contributed by atoms with E-state index in [0.29, 0.717) is 40.7 Å². The number of amides is 1. The van der Waals surface area contributed by atoms with Crippen LogP contribution in [0.15, 0.2) is 42.5 Å². The van der Waals surface area contributed by atoms with Crippen LogP contribution in [0.1, 0.15) is 76.1 Å². The van der Waals surface area contributed by atoms with Crippen LogP contribution in [0.3, 0.4) is 0 Å². The second-order valence-electron chi connectivity index (χ2n) is 9.48. The Labute approximate surface area is 246 Å². The highest BCUT2D eigenvalue weighted by atomic mass is 35.5. The summed E-state index contributed by atoms with van der Waals surface area (Å²) >= 11 is 6.40. The number of benzene rings is 2. The number of methoxy groups -OCH3 is 1. The molecule has 0 aliphatic heterocycles. The zero-order chi connectivity index (χ0) is 28.0. The molecule has 10 heteroatoms. The fourth-order valence-corrected chi connectivity index (χ4v) is 5.70. The van der Waals surface area contributed by atoms with Crippen LogP contribution in [-0.4, -0.2) is 58.3 Å². The molecule has 2 aromatic rings.